The lowest BCUT2D eigenvalue weighted by atomic mass is 9.91. The maximum Gasteiger partial charge on any atom is 0.192 e. The van der Waals surface area contributed by atoms with Crippen LogP contribution in [0, 0.1) is 5.82 Å². The van der Waals surface area contributed by atoms with Crippen LogP contribution in [0.5, 0.6) is 0 Å². The van der Waals surface area contributed by atoms with E-state index in [9.17, 15) is 4.39 Å². The summed E-state index contributed by atoms with van der Waals surface area (Å²) >= 11 is 4.94. The van der Waals surface area contributed by atoms with Crippen LogP contribution in [0.3, 0.4) is 0 Å². The average molecular weight is 368 g/mol. The molecule has 0 saturated carbocycles. The fraction of sp³-hybridized carbons (Fsp3) is 0.267. The van der Waals surface area contributed by atoms with E-state index in [-0.39, 0.29) is 11.4 Å². The second-order valence-electron chi connectivity index (χ2n) is 5.24. The standard InChI is InChI=1S/C15H15BrFN3S/c1-15(10-4-5-13(17)12(16)7-10)9-19-14(18)20(15)8-11-3-2-6-21-11/h2-7H,8-9H2,1H3,(H2,18,19). The average Bonchev–Trinajstić information content (AvgIpc) is 3.06. The Kier molecular flexibility index (Phi) is 3.75. The lowest BCUT2D eigenvalue weighted by molar-refractivity contribution is 0.219. The summed E-state index contributed by atoms with van der Waals surface area (Å²) in [6.45, 7) is 3.37. The van der Waals surface area contributed by atoms with Crippen LogP contribution in [-0.2, 0) is 12.1 Å². The number of rotatable bonds is 3. The Labute approximate surface area is 135 Å². The molecule has 0 spiro atoms. The molecule has 0 radical (unpaired) electrons. The summed E-state index contributed by atoms with van der Waals surface area (Å²) < 4.78 is 13.9. The number of thiophene rings is 1. The van der Waals surface area contributed by atoms with Crippen molar-refractivity contribution in [2.24, 2.45) is 10.7 Å². The van der Waals surface area contributed by atoms with Gasteiger partial charge in [-0.3, -0.25) is 4.99 Å². The smallest absolute Gasteiger partial charge is 0.192 e. The predicted molar refractivity (Wildman–Crippen MR) is 87.8 cm³/mol. The molecule has 1 unspecified atom stereocenters. The van der Waals surface area contributed by atoms with E-state index in [1.165, 1.54) is 10.9 Å². The maximum atomic E-state index is 13.5. The molecule has 1 aliphatic rings. The van der Waals surface area contributed by atoms with E-state index in [1.54, 1.807) is 17.4 Å². The Morgan fingerprint density at radius 1 is 1.48 bits per heavy atom. The highest BCUT2D eigenvalue weighted by atomic mass is 79.9. The molecule has 1 aromatic carbocycles. The highest BCUT2D eigenvalue weighted by Crippen LogP contribution is 2.36. The first-order valence-corrected chi connectivity index (χ1v) is 8.23. The van der Waals surface area contributed by atoms with Crippen molar-refractivity contribution in [1.82, 2.24) is 4.90 Å². The van der Waals surface area contributed by atoms with Crippen molar-refractivity contribution in [3.05, 3.63) is 56.4 Å². The van der Waals surface area contributed by atoms with Crippen LogP contribution in [0.2, 0.25) is 0 Å². The number of hydrogen-bond acceptors (Lipinski definition) is 4. The summed E-state index contributed by atoms with van der Waals surface area (Å²) in [5.41, 5.74) is 6.71. The number of nitrogens with two attached hydrogens (primary N) is 1. The fourth-order valence-electron chi connectivity index (χ4n) is 2.55. The zero-order chi connectivity index (χ0) is 15.0. The van der Waals surface area contributed by atoms with Crippen LogP contribution < -0.4 is 5.73 Å². The topological polar surface area (TPSA) is 41.6 Å². The van der Waals surface area contributed by atoms with Gasteiger partial charge < -0.3 is 10.6 Å². The molecule has 0 fully saturated rings. The number of guanidine groups is 1. The first kappa shape index (κ1) is 14.5. The van der Waals surface area contributed by atoms with Gasteiger partial charge in [-0.1, -0.05) is 12.1 Å². The van der Waals surface area contributed by atoms with Crippen molar-refractivity contribution in [3.8, 4) is 0 Å². The van der Waals surface area contributed by atoms with Gasteiger partial charge in [-0.2, -0.15) is 0 Å². The summed E-state index contributed by atoms with van der Waals surface area (Å²) in [7, 11) is 0. The predicted octanol–water partition coefficient (Wildman–Crippen LogP) is 3.70. The second kappa shape index (κ2) is 5.42. The molecule has 0 amide bonds. The molecule has 21 heavy (non-hydrogen) atoms. The number of hydrogen-bond donors (Lipinski definition) is 1. The van der Waals surface area contributed by atoms with Gasteiger partial charge in [0.2, 0.25) is 0 Å². The van der Waals surface area contributed by atoms with Gasteiger partial charge in [0, 0.05) is 4.88 Å². The largest absolute Gasteiger partial charge is 0.370 e. The molecule has 1 aliphatic heterocycles. The maximum absolute atomic E-state index is 13.5. The number of benzene rings is 1. The third kappa shape index (κ3) is 2.58. The number of halogens is 2. The third-order valence-corrected chi connectivity index (χ3v) is 5.33. The van der Waals surface area contributed by atoms with Crippen LogP contribution in [-0.4, -0.2) is 17.4 Å². The first-order valence-electron chi connectivity index (χ1n) is 6.56. The summed E-state index contributed by atoms with van der Waals surface area (Å²) in [6.07, 6.45) is 0. The van der Waals surface area contributed by atoms with Gasteiger partial charge in [0.25, 0.3) is 0 Å². The van der Waals surface area contributed by atoms with Crippen LogP contribution >= 0.6 is 27.3 Å². The van der Waals surface area contributed by atoms with Crippen LogP contribution in [0.25, 0.3) is 0 Å². The molecular weight excluding hydrogens is 353 g/mol. The van der Waals surface area contributed by atoms with Gasteiger partial charge in [0.05, 0.1) is 23.1 Å². The van der Waals surface area contributed by atoms with Gasteiger partial charge in [-0.05, 0) is 52.0 Å². The Morgan fingerprint density at radius 2 is 2.29 bits per heavy atom. The molecular formula is C15H15BrFN3S. The highest BCUT2D eigenvalue weighted by Gasteiger charge is 2.39. The van der Waals surface area contributed by atoms with Crippen LogP contribution in [0.1, 0.15) is 17.4 Å². The molecule has 6 heteroatoms. The van der Waals surface area contributed by atoms with Gasteiger partial charge in [-0.15, -0.1) is 11.3 Å². The Morgan fingerprint density at radius 3 is 2.95 bits per heavy atom. The molecule has 0 saturated heterocycles. The molecule has 110 valence electrons. The molecule has 0 aliphatic carbocycles. The lowest BCUT2D eigenvalue weighted by Gasteiger charge is -2.36. The lowest BCUT2D eigenvalue weighted by Crippen LogP contribution is -2.46. The van der Waals surface area contributed by atoms with E-state index in [4.69, 9.17) is 5.73 Å². The zero-order valence-electron chi connectivity index (χ0n) is 11.5. The Balaban J connectivity index is 1.96. The van der Waals surface area contributed by atoms with Crippen molar-refractivity contribution < 1.29 is 4.39 Å². The summed E-state index contributed by atoms with van der Waals surface area (Å²) in [5, 5.41) is 2.05. The third-order valence-electron chi connectivity index (χ3n) is 3.86. The zero-order valence-corrected chi connectivity index (χ0v) is 13.9. The van der Waals surface area contributed by atoms with Crippen LogP contribution in [0.15, 0.2) is 45.2 Å². The molecule has 1 aromatic heterocycles. The molecule has 3 rings (SSSR count). The van der Waals surface area contributed by atoms with E-state index < -0.39 is 0 Å². The van der Waals surface area contributed by atoms with Crippen molar-refractivity contribution >= 4 is 33.2 Å². The van der Waals surface area contributed by atoms with Crippen molar-refractivity contribution in [2.75, 3.05) is 6.54 Å². The van der Waals surface area contributed by atoms with Gasteiger partial charge >= 0.3 is 0 Å². The van der Waals surface area contributed by atoms with Crippen molar-refractivity contribution in [1.29, 1.82) is 0 Å². The fourth-order valence-corrected chi connectivity index (χ4v) is 3.62. The number of aliphatic imine (C=N–C) groups is 1. The van der Waals surface area contributed by atoms with Gasteiger partial charge in [0.1, 0.15) is 5.82 Å². The van der Waals surface area contributed by atoms with Gasteiger partial charge in [0.15, 0.2) is 5.96 Å². The Bertz CT molecular complexity index is 686. The van der Waals surface area contributed by atoms with Crippen molar-refractivity contribution in [2.45, 2.75) is 19.0 Å². The SMILES string of the molecule is CC1(c2ccc(F)c(Br)c2)CN=C(N)N1Cc1cccs1. The van der Waals surface area contributed by atoms with Gasteiger partial charge in [-0.25, -0.2) is 4.39 Å². The van der Waals surface area contributed by atoms with E-state index >= 15 is 0 Å². The molecule has 2 aromatic rings. The minimum atomic E-state index is -0.357. The number of nitrogens with zero attached hydrogens (tertiary/aromatic N) is 2. The molecule has 2 N–H and O–H groups in total. The van der Waals surface area contributed by atoms with E-state index in [2.05, 4.69) is 38.8 Å². The minimum Gasteiger partial charge on any atom is -0.370 e. The summed E-state index contributed by atoms with van der Waals surface area (Å²) in [6, 6.07) is 9.19. The molecule has 2 heterocycles. The molecule has 3 nitrogen and oxygen atoms in total. The highest BCUT2D eigenvalue weighted by molar-refractivity contribution is 9.10. The van der Waals surface area contributed by atoms with E-state index in [0.29, 0.717) is 23.5 Å². The quantitative estimate of drug-likeness (QED) is 0.898. The minimum absolute atomic E-state index is 0.265. The summed E-state index contributed by atoms with van der Waals surface area (Å²) in [5.74, 6) is 0.269. The normalized spacial score (nSPS) is 21.7. The second-order valence-corrected chi connectivity index (χ2v) is 7.13. The monoisotopic (exact) mass is 367 g/mol. The Hall–Kier alpha value is -1.40. The summed E-state index contributed by atoms with van der Waals surface area (Å²) in [4.78, 5) is 7.70. The van der Waals surface area contributed by atoms with Crippen molar-refractivity contribution in [3.63, 3.8) is 0 Å². The van der Waals surface area contributed by atoms with E-state index in [0.717, 1.165) is 5.56 Å². The van der Waals surface area contributed by atoms with E-state index in [1.807, 2.05) is 17.5 Å². The van der Waals surface area contributed by atoms with Crippen LogP contribution in [0.4, 0.5) is 4.39 Å². The molecule has 1 atom stereocenters. The first-order chi connectivity index (χ1) is 10.0. The molecule has 0 bridgehead atoms.